The Kier molecular flexibility index (Phi) is 17.1. The van der Waals surface area contributed by atoms with Crippen molar-refractivity contribution < 1.29 is 57.1 Å². The van der Waals surface area contributed by atoms with Crippen molar-refractivity contribution in [3.05, 3.63) is 69.8 Å². The maximum absolute atomic E-state index is 14.0. The van der Waals surface area contributed by atoms with Gasteiger partial charge in [0.25, 0.3) is 11.8 Å². The highest BCUT2D eigenvalue weighted by molar-refractivity contribution is 6.26. The number of carbonyl (C=O) groups is 4. The molecule has 4 aliphatic rings. The highest BCUT2D eigenvalue weighted by atomic mass is 16.6. The average Bonchev–Trinajstić information content (AvgIpc) is 3.31. The Balaban J connectivity index is 0.912. The van der Waals surface area contributed by atoms with E-state index in [0.29, 0.717) is 154 Å². The van der Waals surface area contributed by atoms with E-state index in [-0.39, 0.29) is 36.7 Å². The summed E-state index contributed by atoms with van der Waals surface area (Å²) >= 11 is 0. The van der Waals surface area contributed by atoms with Crippen molar-refractivity contribution in [1.29, 1.82) is 10.5 Å². The van der Waals surface area contributed by atoms with Crippen LogP contribution in [0.2, 0.25) is 0 Å². The third-order valence-corrected chi connectivity index (χ3v) is 11.4. The number of benzene rings is 3. The second-order valence-electron chi connectivity index (χ2n) is 15.4. The number of imide groups is 2. The van der Waals surface area contributed by atoms with Crippen LogP contribution in [-0.4, -0.2) is 152 Å². The van der Waals surface area contributed by atoms with Gasteiger partial charge in [-0.25, -0.2) is 0 Å². The highest BCUT2D eigenvalue weighted by Gasteiger charge is 2.43. The van der Waals surface area contributed by atoms with Crippen LogP contribution in [0.5, 0.6) is 0 Å². The summed E-state index contributed by atoms with van der Waals surface area (Å²) in [7, 11) is 0. The third-order valence-electron chi connectivity index (χ3n) is 11.4. The monoisotopic (exact) mass is 878 g/mol. The summed E-state index contributed by atoms with van der Waals surface area (Å²) in [6.45, 7) is 6.86. The van der Waals surface area contributed by atoms with Crippen molar-refractivity contribution >= 4 is 57.3 Å². The lowest BCUT2D eigenvalue weighted by Crippen LogP contribution is -2.46. The van der Waals surface area contributed by atoms with Gasteiger partial charge in [-0.15, -0.1) is 0 Å². The SMILES string of the molecule is N#CCCOCCOCCOCCOCCCN1C(=O)c2ccc3c4c(c5c6c7c(ccc63)C(=O)N(CCCOCCOCCOCCOCCC#N)C(=O)C7C=C5)C=CC(C1=O)c24. The molecule has 2 unspecified atom stereocenters. The summed E-state index contributed by atoms with van der Waals surface area (Å²) in [4.78, 5) is 58.5. The first kappa shape index (κ1) is 46.6. The molecule has 0 radical (unpaired) electrons. The van der Waals surface area contributed by atoms with E-state index in [4.69, 9.17) is 48.4 Å². The number of carbonyl (C=O) groups excluding carboxylic acids is 4. The molecule has 64 heavy (non-hydrogen) atoms. The maximum Gasteiger partial charge on any atom is 0.260 e. The van der Waals surface area contributed by atoms with Crippen LogP contribution in [0.1, 0.15) is 80.5 Å². The number of fused-ring (bicyclic) bond motifs is 2. The number of hydrogen-bond donors (Lipinski definition) is 0. The first-order valence-corrected chi connectivity index (χ1v) is 22.0. The average molecular weight is 879 g/mol. The van der Waals surface area contributed by atoms with E-state index in [1.165, 1.54) is 9.80 Å². The minimum absolute atomic E-state index is 0.221. The van der Waals surface area contributed by atoms with Crippen molar-refractivity contribution in [2.24, 2.45) is 0 Å². The Morgan fingerprint density at radius 1 is 0.453 bits per heavy atom. The van der Waals surface area contributed by atoms with Crippen LogP contribution in [-0.2, 0) is 47.5 Å². The number of ether oxygens (including phenoxy) is 8. The van der Waals surface area contributed by atoms with Gasteiger partial charge >= 0.3 is 0 Å². The summed E-state index contributed by atoms with van der Waals surface area (Å²) in [5.41, 5.74) is 4.11. The number of rotatable bonds is 30. The molecule has 0 N–H and O–H groups in total. The Bertz CT molecular complexity index is 2170. The Morgan fingerprint density at radius 3 is 1.12 bits per heavy atom. The minimum atomic E-state index is -0.627. The molecule has 7 rings (SSSR count). The summed E-state index contributed by atoms with van der Waals surface area (Å²) in [5, 5.41) is 20.4. The fraction of sp³-hybridized carbons (Fsp3) is 0.500. The molecule has 0 fully saturated rings. The van der Waals surface area contributed by atoms with Gasteiger partial charge in [0.2, 0.25) is 11.8 Å². The first-order valence-electron chi connectivity index (χ1n) is 22.0. The zero-order valence-electron chi connectivity index (χ0n) is 36.0. The molecule has 0 aromatic heterocycles. The lowest BCUT2D eigenvalue weighted by molar-refractivity contribution is -0.130. The van der Waals surface area contributed by atoms with Gasteiger partial charge in [-0.2, -0.15) is 10.5 Å². The first-order chi connectivity index (χ1) is 31.5. The second-order valence-corrected chi connectivity index (χ2v) is 15.4. The van der Waals surface area contributed by atoms with Gasteiger partial charge in [0.05, 0.1) is 129 Å². The fourth-order valence-electron chi connectivity index (χ4n) is 8.55. The van der Waals surface area contributed by atoms with Gasteiger partial charge in [-0.05, 0) is 68.8 Å². The molecule has 338 valence electrons. The number of nitrogens with zero attached hydrogens (tertiary/aromatic N) is 4. The van der Waals surface area contributed by atoms with Gasteiger partial charge in [0, 0.05) is 37.4 Å². The number of hydrogen-bond acceptors (Lipinski definition) is 14. The van der Waals surface area contributed by atoms with E-state index in [0.717, 1.165) is 32.7 Å². The second kappa shape index (κ2) is 23.5. The fourth-order valence-corrected chi connectivity index (χ4v) is 8.55. The molecular weight excluding hydrogens is 825 g/mol. The molecule has 0 saturated carbocycles. The predicted molar refractivity (Wildman–Crippen MR) is 233 cm³/mol. The molecule has 0 bridgehead atoms. The lowest BCUT2D eigenvalue weighted by Gasteiger charge is -2.37. The normalized spacial score (nSPS) is 17.0. The summed E-state index contributed by atoms with van der Waals surface area (Å²) < 4.78 is 43.8. The number of amides is 4. The molecule has 0 spiro atoms. The lowest BCUT2D eigenvalue weighted by atomic mass is 9.73. The van der Waals surface area contributed by atoms with Gasteiger partial charge in [-0.1, -0.05) is 36.4 Å². The zero-order chi connectivity index (χ0) is 44.7. The van der Waals surface area contributed by atoms with Crippen molar-refractivity contribution in [3.63, 3.8) is 0 Å². The molecule has 2 atom stereocenters. The third kappa shape index (κ3) is 10.6. The van der Waals surface area contributed by atoms with Gasteiger partial charge < -0.3 is 37.9 Å². The topological polar surface area (TPSA) is 196 Å². The van der Waals surface area contributed by atoms with E-state index in [1.807, 2.05) is 48.6 Å². The Morgan fingerprint density at radius 2 is 0.781 bits per heavy atom. The van der Waals surface area contributed by atoms with Crippen molar-refractivity contribution in [3.8, 4) is 12.1 Å². The largest absolute Gasteiger partial charge is 0.379 e. The van der Waals surface area contributed by atoms with Crippen LogP contribution in [0.4, 0.5) is 0 Å². The molecule has 4 amide bonds. The molecule has 16 nitrogen and oxygen atoms in total. The van der Waals surface area contributed by atoms with E-state index >= 15 is 0 Å². The summed E-state index contributed by atoms with van der Waals surface area (Å²) in [6.07, 6.45) is 9.28. The maximum atomic E-state index is 14.0. The predicted octanol–water partition coefficient (Wildman–Crippen LogP) is 4.92. The molecular formula is C48H54N4O12. The molecule has 2 aliphatic carbocycles. The Labute approximate surface area is 372 Å². The van der Waals surface area contributed by atoms with Crippen LogP contribution in [0.15, 0.2) is 36.4 Å². The zero-order valence-corrected chi connectivity index (χ0v) is 36.0. The smallest absolute Gasteiger partial charge is 0.260 e. The van der Waals surface area contributed by atoms with E-state index in [2.05, 4.69) is 0 Å². The molecule has 2 heterocycles. The molecule has 3 aromatic carbocycles. The standard InChI is InChI=1S/C48H54N4O12/c49-13-1-17-57-21-25-61-29-31-63-27-23-59-19-3-15-51-45(53)37-9-5-33-35-7-11-39-44-40(12-8-36(42(35)44)34-6-10-38(46(51)54)43(37)41(33)34)48(56)52(47(39)55)16-4-20-60-24-28-64-32-30-62-26-22-58-18-2-14-50/h5-12,37,39H,1-4,15-32H2. The molecule has 0 saturated heterocycles. The van der Waals surface area contributed by atoms with Crippen molar-refractivity contribution in [1.82, 2.24) is 9.80 Å². The van der Waals surface area contributed by atoms with E-state index in [9.17, 15) is 19.2 Å². The van der Waals surface area contributed by atoms with Crippen molar-refractivity contribution in [2.45, 2.75) is 37.5 Å². The molecule has 3 aromatic rings. The molecule has 2 aliphatic heterocycles. The molecule has 16 heteroatoms. The van der Waals surface area contributed by atoms with Crippen molar-refractivity contribution in [2.75, 3.05) is 119 Å². The summed E-state index contributed by atoms with van der Waals surface area (Å²) in [6, 6.07) is 11.5. The van der Waals surface area contributed by atoms with Crippen LogP contribution < -0.4 is 0 Å². The van der Waals surface area contributed by atoms with Gasteiger partial charge in [0.1, 0.15) is 0 Å². The van der Waals surface area contributed by atoms with Crippen LogP contribution in [0, 0.1) is 22.7 Å². The van der Waals surface area contributed by atoms with Crippen LogP contribution in [0.3, 0.4) is 0 Å². The number of nitriles is 2. The quantitative estimate of drug-likeness (QED) is 0.0497. The van der Waals surface area contributed by atoms with Gasteiger partial charge in [-0.3, -0.25) is 29.0 Å². The van der Waals surface area contributed by atoms with Crippen LogP contribution >= 0.6 is 0 Å². The highest BCUT2D eigenvalue weighted by Crippen LogP contribution is 2.50. The van der Waals surface area contributed by atoms with Gasteiger partial charge in [0.15, 0.2) is 0 Å². The summed E-state index contributed by atoms with van der Waals surface area (Å²) in [5.74, 6) is -2.48. The Hall–Kier alpha value is -5.40. The van der Waals surface area contributed by atoms with Crippen LogP contribution in [0.25, 0.3) is 33.7 Å². The minimum Gasteiger partial charge on any atom is -0.379 e. The van der Waals surface area contributed by atoms with E-state index < -0.39 is 11.8 Å². The van der Waals surface area contributed by atoms with E-state index in [1.54, 1.807) is 12.1 Å².